The Balaban J connectivity index is 2.19. The summed E-state index contributed by atoms with van der Waals surface area (Å²) in [6.45, 7) is 4.03. The molecule has 0 radical (unpaired) electrons. The molecule has 0 saturated carbocycles. The van der Waals surface area contributed by atoms with Crippen LogP contribution >= 0.6 is 0 Å². The van der Waals surface area contributed by atoms with Crippen molar-refractivity contribution in [1.29, 1.82) is 0 Å². The van der Waals surface area contributed by atoms with Crippen LogP contribution in [0.2, 0.25) is 0 Å². The van der Waals surface area contributed by atoms with Gasteiger partial charge in [0.15, 0.2) is 0 Å². The normalized spacial score (nSPS) is 11.0. The predicted molar refractivity (Wildman–Crippen MR) is 72.8 cm³/mol. The van der Waals surface area contributed by atoms with E-state index < -0.39 is 0 Å². The minimum absolute atomic E-state index is 0.281. The molecule has 1 aromatic heterocycles. The molecule has 90 valence electrons. The second-order valence-electron chi connectivity index (χ2n) is 4.65. The van der Waals surface area contributed by atoms with Crippen LogP contribution in [0.25, 0.3) is 22.3 Å². The Morgan fingerprint density at radius 1 is 0.944 bits per heavy atom. The van der Waals surface area contributed by atoms with E-state index in [4.69, 9.17) is 4.42 Å². The van der Waals surface area contributed by atoms with Gasteiger partial charge < -0.3 is 9.52 Å². The number of benzene rings is 2. The summed E-state index contributed by atoms with van der Waals surface area (Å²) in [6.07, 6.45) is 0. The Morgan fingerprint density at radius 2 is 1.78 bits per heavy atom. The van der Waals surface area contributed by atoms with Gasteiger partial charge >= 0.3 is 0 Å². The first-order valence-electron chi connectivity index (χ1n) is 5.94. The van der Waals surface area contributed by atoms with Crippen molar-refractivity contribution in [2.24, 2.45) is 0 Å². The van der Waals surface area contributed by atoms with Gasteiger partial charge in [0.05, 0.1) is 0 Å². The van der Waals surface area contributed by atoms with Crippen LogP contribution in [0.15, 0.2) is 46.9 Å². The molecular formula is C16H14O2. The first-order valence-corrected chi connectivity index (χ1v) is 5.94. The van der Waals surface area contributed by atoms with Crippen LogP contribution in [-0.2, 0) is 0 Å². The molecule has 0 aliphatic rings. The van der Waals surface area contributed by atoms with Gasteiger partial charge in [0.1, 0.15) is 17.1 Å². The minimum Gasteiger partial charge on any atom is -0.508 e. The van der Waals surface area contributed by atoms with Crippen molar-refractivity contribution in [2.45, 2.75) is 13.8 Å². The number of phenols is 1. The van der Waals surface area contributed by atoms with Crippen molar-refractivity contribution in [2.75, 3.05) is 0 Å². The third kappa shape index (κ3) is 1.76. The van der Waals surface area contributed by atoms with Crippen molar-refractivity contribution >= 4 is 11.0 Å². The van der Waals surface area contributed by atoms with Crippen LogP contribution in [0, 0.1) is 13.8 Å². The van der Waals surface area contributed by atoms with E-state index >= 15 is 0 Å². The molecule has 1 heterocycles. The lowest BCUT2D eigenvalue weighted by Gasteiger charge is -2.02. The highest BCUT2D eigenvalue weighted by Gasteiger charge is 2.09. The van der Waals surface area contributed by atoms with E-state index in [1.54, 1.807) is 12.1 Å². The zero-order valence-electron chi connectivity index (χ0n) is 10.4. The fourth-order valence-corrected chi connectivity index (χ4v) is 2.22. The molecule has 2 nitrogen and oxygen atoms in total. The number of rotatable bonds is 1. The molecule has 2 heteroatoms. The SMILES string of the molecule is Cc1ccc2oc(-c3ccc(O)cc3C)cc2c1. The Labute approximate surface area is 105 Å². The topological polar surface area (TPSA) is 33.4 Å². The summed E-state index contributed by atoms with van der Waals surface area (Å²) >= 11 is 0. The molecule has 0 bridgehead atoms. The van der Waals surface area contributed by atoms with Crippen molar-refractivity contribution in [3.8, 4) is 17.1 Å². The summed E-state index contributed by atoms with van der Waals surface area (Å²) in [4.78, 5) is 0. The highest BCUT2D eigenvalue weighted by Crippen LogP contribution is 2.31. The lowest BCUT2D eigenvalue weighted by Crippen LogP contribution is -1.79. The Kier molecular flexibility index (Phi) is 2.37. The van der Waals surface area contributed by atoms with Crippen LogP contribution < -0.4 is 0 Å². The van der Waals surface area contributed by atoms with Crippen molar-refractivity contribution in [1.82, 2.24) is 0 Å². The van der Waals surface area contributed by atoms with Crippen LogP contribution in [0.4, 0.5) is 0 Å². The van der Waals surface area contributed by atoms with Crippen LogP contribution in [0.3, 0.4) is 0 Å². The standard InChI is InChI=1S/C16H14O2/c1-10-3-6-15-12(7-10)9-16(18-15)14-5-4-13(17)8-11(14)2/h3-9,17H,1-2H3. The fourth-order valence-electron chi connectivity index (χ4n) is 2.22. The third-order valence-electron chi connectivity index (χ3n) is 3.15. The van der Waals surface area contributed by atoms with E-state index in [1.165, 1.54) is 5.56 Å². The van der Waals surface area contributed by atoms with E-state index in [1.807, 2.05) is 31.2 Å². The number of phenolic OH excluding ortho intramolecular Hbond substituents is 1. The molecule has 3 rings (SSSR count). The lowest BCUT2D eigenvalue weighted by molar-refractivity contribution is 0.475. The largest absolute Gasteiger partial charge is 0.508 e. The van der Waals surface area contributed by atoms with E-state index in [2.05, 4.69) is 13.0 Å². The summed E-state index contributed by atoms with van der Waals surface area (Å²) < 4.78 is 5.85. The molecule has 3 aromatic rings. The highest BCUT2D eigenvalue weighted by molar-refractivity contribution is 5.84. The van der Waals surface area contributed by atoms with Gasteiger partial charge in [-0.05, 0) is 55.8 Å². The third-order valence-corrected chi connectivity index (χ3v) is 3.15. The first kappa shape index (κ1) is 10.9. The summed E-state index contributed by atoms with van der Waals surface area (Å²) in [6, 6.07) is 13.5. The Bertz CT molecular complexity index is 723. The number of hydrogen-bond acceptors (Lipinski definition) is 2. The van der Waals surface area contributed by atoms with Crippen molar-refractivity contribution in [3.05, 3.63) is 53.6 Å². The lowest BCUT2D eigenvalue weighted by atomic mass is 10.1. The first-order chi connectivity index (χ1) is 8.63. The molecule has 0 atom stereocenters. The van der Waals surface area contributed by atoms with E-state index in [0.29, 0.717) is 0 Å². The van der Waals surface area contributed by atoms with Gasteiger partial charge in [0, 0.05) is 10.9 Å². The maximum Gasteiger partial charge on any atom is 0.135 e. The van der Waals surface area contributed by atoms with E-state index in [-0.39, 0.29) is 5.75 Å². The molecule has 1 N–H and O–H groups in total. The van der Waals surface area contributed by atoms with Gasteiger partial charge in [0.2, 0.25) is 0 Å². The van der Waals surface area contributed by atoms with Gasteiger partial charge in [-0.3, -0.25) is 0 Å². The smallest absolute Gasteiger partial charge is 0.135 e. The van der Waals surface area contributed by atoms with Gasteiger partial charge in [-0.25, -0.2) is 0 Å². The van der Waals surface area contributed by atoms with Gasteiger partial charge in [-0.2, -0.15) is 0 Å². The highest BCUT2D eigenvalue weighted by atomic mass is 16.3. The second-order valence-corrected chi connectivity index (χ2v) is 4.65. The van der Waals surface area contributed by atoms with Crippen molar-refractivity contribution in [3.63, 3.8) is 0 Å². The molecular weight excluding hydrogens is 224 g/mol. The molecule has 0 aliphatic heterocycles. The van der Waals surface area contributed by atoms with E-state index in [0.717, 1.165) is 27.9 Å². The van der Waals surface area contributed by atoms with Crippen LogP contribution in [-0.4, -0.2) is 5.11 Å². The number of hydrogen-bond donors (Lipinski definition) is 1. The predicted octanol–water partition coefficient (Wildman–Crippen LogP) is 4.42. The van der Waals surface area contributed by atoms with Crippen LogP contribution in [0.1, 0.15) is 11.1 Å². The van der Waals surface area contributed by atoms with Gasteiger partial charge in [-0.1, -0.05) is 11.6 Å². The van der Waals surface area contributed by atoms with E-state index in [9.17, 15) is 5.11 Å². The molecule has 2 aromatic carbocycles. The summed E-state index contributed by atoms with van der Waals surface area (Å²) in [7, 11) is 0. The van der Waals surface area contributed by atoms with Gasteiger partial charge in [0.25, 0.3) is 0 Å². The average Bonchev–Trinajstić information content (AvgIpc) is 2.71. The zero-order valence-corrected chi connectivity index (χ0v) is 10.4. The van der Waals surface area contributed by atoms with Crippen LogP contribution in [0.5, 0.6) is 5.75 Å². The van der Waals surface area contributed by atoms with Gasteiger partial charge in [-0.15, -0.1) is 0 Å². The molecule has 18 heavy (non-hydrogen) atoms. The summed E-state index contributed by atoms with van der Waals surface area (Å²) in [5, 5.41) is 10.5. The monoisotopic (exact) mass is 238 g/mol. The molecule has 0 saturated heterocycles. The fraction of sp³-hybridized carbons (Fsp3) is 0.125. The molecule has 0 fully saturated rings. The molecule has 0 spiro atoms. The quantitative estimate of drug-likeness (QED) is 0.680. The Morgan fingerprint density at radius 3 is 2.56 bits per heavy atom. The average molecular weight is 238 g/mol. The summed E-state index contributed by atoms with van der Waals surface area (Å²) in [5.41, 5.74) is 4.13. The second kappa shape index (κ2) is 3.91. The zero-order chi connectivity index (χ0) is 12.7. The maximum atomic E-state index is 9.43. The minimum atomic E-state index is 0.281. The molecule has 0 amide bonds. The number of aryl methyl sites for hydroxylation is 2. The molecule has 0 unspecified atom stereocenters. The van der Waals surface area contributed by atoms with Crippen molar-refractivity contribution < 1.29 is 9.52 Å². The molecule has 0 aliphatic carbocycles. The summed E-state index contributed by atoms with van der Waals surface area (Å²) in [5.74, 6) is 1.12. The number of aromatic hydroxyl groups is 1. The Hall–Kier alpha value is -2.22. The number of fused-ring (bicyclic) bond motifs is 1. The number of furan rings is 1. The maximum absolute atomic E-state index is 9.43.